The normalized spacial score (nSPS) is 21.2. The zero-order valence-corrected chi connectivity index (χ0v) is 20.8. The number of likely N-dealkylation sites (tertiary alicyclic amines) is 1. The first-order valence-corrected chi connectivity index (χ1v) is 10.8. The van der Waals surface area contributed by atoms with Crippen molar-refractivity contribution in [3.8, 4) is 0 Å². The first-order chi connectivity index (χ1) is 13.6. The van der Waals surface area contributed by atoms with Crippen molar-refractivity contribution >= 4 is 29.9 Å². The van der Waals surface area contributed by atoms with E-state index in [2.05, 4.69) is 34.2 Å². The Bertz CT molecular complexity index is 650. The number of piperidine rings is 1. The molecule has 2 saturated heterocycles. The SMILES string of the molecule is CN=C(NCCc1c(C)nn(C)c1C)N1CCC(OCC2CCCCO2)CC1.I. The standard InChI is InChI=1S/C21H37N5O2.HI/c1-16-20(17(2)25(4)24-16)8-11-23-21(22-3)26-12-9-18(10-13-26)28-15-19-7-5-6-14-27-19;/h18-19H,5-15H2,1-4H3,(H,22,23);1H. The van der Waals surface area contributed by atoms with Gasteiger partial charge in [0.1, 0.15) is 0 Å². The Labute approximate surface area is 192 Å². The molecule has 3 rings (SSSR count). The highest BCUT2D eigenvalue weighted by Crippen LogP contribution is 2.18. The Morgan fingerprint density at radius 1 is 1.24 bits per heavy atom. The van der Waals surface area contributed by atoms with E-state index >= 15 is 0 Å². The third-order valence-corrected chi connectivity index (χ3v) is 6.06. The van der Waals surface area contributed by atoms with Crippen molar-refractivity contribution in [3.63, 3.8) is 0 Å². The lowest BCUT2D eigenvalue weighted by Gasteiger charge is -2.35. The van der Waals surface area contributed by atoms with Crippen LogP contribution in [-0.4, -0.2) is 72.7 Å². The molecule has 0 bridgehead atoms. The Kier molecular flexibility index (Phi) is 10.2. The summed E-state index contributed by atoms with van der Waals surface area (Å²) >= 11 is 0. The summed E-state index contributed by atoms with van der Waals surface area (Å²) < 4.78 is 13.9. The predicted octanol–water partition coefficient (Wildman–Crippen LogP) is 2.82. The summed E-state index contributed by atoms with van der Waals surface area (Å²) in [6, 6.07) is 0. The van der Waals surface area contributed by atoms with Gasteiger partial charge in [0.2, 0.25) is 0 Å². The number of hydrogen-bond acceptors (Lipinski definition) is 4. The first-order valence-electron chi connectivity index (χ1n) is 10.8. The number of aliphatic imine (C=N–C) groups is 1. The van der Waals surface area contributed by atoms with Crippen molar-refractivity contribution in [3.05, 3.63) is 17.0 Å². The van der Waals surface area contributed by atoms with E-state index in [-0.39, 0.29) is 24.0 Å². The molecule has 2 fully saturated rings. The smallest absolute Gasteiger partial charge is 0.193 e. The van der Waals surface area contributed by atoms with E-state index in [4.69, 9.17) is 9.47 Å². The number of nitrogens with one attached hydrogen (secondary N) is 1. The van der Waals surface area contributed by atoms with Gasteiger partial charge in [-0.1, -0.05) is 0 Å². The Balaban J connectivity index is 0.00000300. The summed E-state index contributed by atoms with van der Waals surface area (Å²) in [6.45, 7) is 8.71. The quantitative estimate of drug-likeness (QED) is 0.356. The maximum absolute atomic E-state index is 6.13. The Hall–Kier alpha value is -0.870. The molecular weight excluding hydrogens is 481 g/mol. The third-order valence-electron chi connectivity index (χ3n) is 6.06. The summed E-state index contributed by atoms with van der Waals surface area (Å²) in [4.78, 5) is 6.83. The van der Waals surface area contributed by atoms with Crippen molar-refractivity contribution in [2.75, 3.05) is 39.9 Å². The van der Waals surface area contributed by atoms with Gasteiger partial charge in [0, 0.05) is 46.0 Å². The van der Waals surface area contributed by atoms with Gasteiger partial charge in [0.25, 0.3) is 0 Å². The van der Waals surface area contributed by atoms with Crippen LogP contribution in [0.25, 0.3) is 0 Å². The maximum Gasteiger partial charge on any atom is 0.193 e. The minimum absolute atomic E-state index is 0. The van der Waals surface area contributed by atoms with Crippen LogP contribution >= 0.6 is 24.0 Å². The molecule has 7 nitrogen and oxygen atoms in total. The van der Waals surface area contributed by atoms with Crippen LogP contribution in [0.15, 0.2) is 4.99 Å². The molecule has 0 aliphatic carbocycles. The van der Waals surface area contributed by atoms with Gasteiger partial charge in [-0.25, -0.2) is 0 Å². The molecule has 0 spiro atoms. The van der Waals surface area contributed by atoms with E-state index < -0.39 is 0 Å². The molecule has 0 saturated carbocycles. The lowest BCUT2D eigenvalue weighted by atomic mass is 10.1. The van der Waals surface area contributed by atoms with Gasteiger partial charge in [-0.2, -0.15) is 5.10 Å². The van der Waals surface area contributed by atoms with Gasteiger partial charge in [0.05, 0.1) is 24.5 Å². The van der Waals surface area contributed by atoms with E-state index in [0.717, 1.165) is 70.2 Å². The highest BCUT2D eigenvalue weighted by atomic mass is 127. The van der Waals surface area contributed by atoms with Crippen molar-refractivity contribution in [1.82, 2.24) is 20.0 Å². The Morgan fingerprint density at radius 2 is 2.00 bits per heavy atom. The number of aryl methyl sites for hydroxylation is 2. The van der Waals surface area contributed by atoms with Crippen LogP contribution < -0.4 is 5.32 Å². The molecule has 166 valence electrons. The van der Waals surface area contributed by atoms with Crippen molar-refractivity contribution in [2.45, 2.75) is 64.6 Å². The van der Waals surface area contributed by atoms with E-state index in [1.165, 1.54) is 24.1 Å². The second kappa shape index (κ2) is 12.1. The van der Waals surface area contributed by atoms with Gasteiger partial charge in [-0.15, -0.1) is 24.0 Å². The molecule has 1 N–H and O–H groups in total. The number of rotatable bonds is 6. The number of nitrogens with zero attached hydrogens (tertiary/aromatic N) is 4. The topological polar surface area (TPSA) is 63.9 Å². The lowest BCUT2D eigenvalue weighted by molar-refractivity contribution is -0.0721. The molecule has 1 unspecified atom stereocenters. The summed E-state index contributed by atoms with van der Waals surface area (Å²) in [7, 11) is 3.87. The molecule has 0 aromatic carbocycles. The second-order valence-electron chi connectivity index (χ2n) is 8.01. The van der Waals surface area contributed by atoms with Crippen LogP contribution in [0.1, 0.15) is 49.1 Å². The zero-order chi connectivity index (χ0) is 19.9. The van der Waals surface area contributed by atoms with E-state index in [1.54, 1.807) is 0 Å². The minimum Gasteiger partial charge on any atom is -0.376 e. The van der Waals surface area contributed by atoms with Crippen LogP contribution in [-0.2, 0) is 22.9 Å². The highest BCUT2D eigenvalue weighted by molar-refractivity contribution is 14.0. The van der Waals surface area contributed by atoms with Crippen LogP contribution in [0, 0.1) is 13.8 Å². The van der Waals surface area contributed by atoms with Crippen LogP contribution in [0.2, 0.25) is 0 Å². The molecule has 3 heterocycles. The van der Waals surface area contributed by atoms with Gasteiger partial charge in [0.15, 0.2) is 5.96 Å². The fourth-order valence-corrected chi connectivity index (χ4v) is 4.23. The first kappa shape index (κ1) is 24.4. The molecular formula is C21H38IN5O2. The fourth-order valence-electron chi connectivity index (χ4n) is 4.23. The van der Waals surface area contributed by atoms with Crippen LogP contribution in [0.4, 0.5) is 0 Å². The maximum atomic E-state index is 6.13. The van der Waals surface area contributed by atoms with Crippen molar-refractivity contribution in [2.24, 2.45) is 12.0 Å². The number of aromatic nitrogens is 2. The van der Waals surface area contributed by atoms with Crippen LogP contribution in [0.3, 0.4) is 0 Å². The largest absolute Gasteiger partial charge is 0.376 e. The van der Waals surface area contributed by atoms with E-state index in [9.17, 15) is 0 Å². The summed E-state index contributed by atoms with van der Waals surface area (Å²) in [6.07, 6.45) is 7.33. The average molecular weight is 519 g/mol. The molecule has 0 radical (unpaired) electrons. The van der Waals surface area contributed by atoms with E-state index in [1.807, 2.05) is 18.8 Å². The van der Waals surface area contributed by atoms with E-state index in [0.29, 0.717) is 12.2 Å². The van der Waals surface area contributed by atoms with Gasteiger partial charge in [-0.3, -0.25) is 9.67 Å². The summed E-state index contributed by atoms with van der Waals surface area (Å²) in [5.41, 5.74) is 3.70. The van der Waals surface area contributed by atoms with Gasteiger partial charge in [-0.05, 0) is 57.9 Å². The molecule has 1 aromatic heterocycles. The molecule has 2 aliphatic heterocycles. The lowest BCUT2D eigenvalue weighted by Crippen LogP contribution is -2.47. The van der Waals surface area contributed by atoms with Gasteiger partial charge >= 0.3 is 0 Å². The average Bonchev–Trinajstić information content (AvgIpc) is 2.97. The van der Waals surface area contributed by atoms with Crippen LogP contribution in [0.5, 0.6) is 0 Å². The number of halogens is 1. The molecule has 1 aromatic rings. The van der Waals surface area contributed by atoms with Crippen molar-refractivity contribution in [1.29, 1.82) is 0 Å². The fraction of sp³-hybridized carbons (Fsp3) is 0.810. The second-order valence-corrected chi connectivity index (χ2v) is 8.01. The predicted molar refractivity (Wildman–Crippen MR) is 127 cm³/mol. The Morgan fingerprint density at radius 3 is 2.59 bits per heavy atom. The molecule has 29 heavy (non-hydrogen) atoms. The highest BCUT2D eigenvalue weighted by Gasteiger charge is 2.23. The molecule has 2 aliphatic rings. The molecule has 1 atom stereocenters. The van der Waals surface area contributed by atoms with Crippen molar-refractivity contribution < 1.29 is 9.47 Å². The third kappa shape index (κ3) is 6.82. The molecule has 0 amide bonds. The number of guanidine groups is 1. The minimum atomic E-state index is 0. The molecule has 8 heteroatoms. The monoisotopic (exact) mass is 519 g/mol. The summed E-state index contributed by atoms with van der Waals surface area (Å²) in [5, 5.41) is 8.03. The van der Waals surface area contributed by atoms with Gasteiger partial charge < -0.3 is 19.7 Å². The number of ether oxygens (including phenoxy) is 2. The zero-order valence-electron chi connectivity index (χ0n) is 18.4. The number of hydrogen-bond donors (Lipinski definition) is 1. The summed E-state index contributed by atoms with van der Waals surface area (Å²) in [5.74, 6) is 0.994.